The molecule has 0 unspecified atom stereocenters. The Balaban J connectivity index is 1.23. The molecule has 2 aliphatic rings. The van der Waals surface area contributed by atoms with Crippen LogP contribution in [0.5, 0.6) is 0 Å². The van der Waals surface area contributed by atoms with Gasteiger partial charge in [0.1, 0.15) is 22.7 Å². The van der Waals surface area contributed by atoms with Gasteiger partial charge in [0.05, 0.1) is 11.2 Å². The third-order valence-electron chi connectivity index (χ3n) is 6.95. The van der Waals surface area contributed by atoms with Gasteiger partial charge in [-0.05, 0) is 43.5 Å². The molecule has 10 heteroatoms. The topological polar surface area (TPSA) is 94.2 Å². The monoisotopic (exact) mass is 468 g/mol. The lowest BCUT2D eigenvalue weighted by atomic mass is 10.1. The minimum absolute atomic E-state index is 0.00185. The van der Waals surface area contributed by atoms with Crippen molar-refractivity contribution >= 4 is 22.5 Å². The Labute approximate surface area is 195 Å². The Kier molecular flexibility index (Phi) is 5.99. The van der Waals surface area contributed by atoms with E-state index in [1.165, 1.54) is 19.2 Å². The molecular formula is C24H26F2N6O2. The normalized spacial score (nSPS) is 21.2. The summed E-state index contributed by atoms with van der Waals surface area (Å²) in [6, 6.07) is 7.99. The Morgan fingerprint density at radius 3 is 2.62 bits per heavy atom. The number of fused-ring (bicyclic) bond motifs is 1. The smallest absolute Gasteiger partial charge is 0.269 e. The molecule has 178 valence electrons. The Bertz CT molecular complexity index is 1290. The summed E-state index contributed by atoms with van der Waals surface area (Å²) < 4.78 is 28.5. The summed E-state index contributed by atoms with van der Waals surface area (Å²) in [7, 11) is 1.48. The number of carbonyl (C=O) groups is 1. The molecule has 3 aromatic rings. The van der Waals surface area contributed by atoms with E-state index in [9.17, 15) is 18.4 Å². The number of nitrogens with zero attached hydrogens (tertiary/aromatic N) is 4. The molecule has 1 saturated heterocycles. The highest BCUT2D eigenvalue weighted by Gasteiger charge is 2.33. The SMILES string of the molecule is CNC(=O)c1ccc(N2CCN([C@H]3CC[C@@H](c4nc5cccc(F)c5c(=O)[nH]4)C3)CC2)c(F)n1. The highest BCUT2D eigenvalue weighted by Crippen LogP contribution is 2.36. The third kappa shape index (κ3) is 4.13. The average Bonchev–Trinajstić information content (AvgIpc) is 3.34. The molecule has 2 aromatic heterocycles. The molecule has 0 spiro atoms. The number of hydrogen-bond donors (Lipinski definition) is 2. The molecule has 1 amide bonds. The van der Waals surface area contributed by atoms with Gasteiger partial charge in [-0.3, -0.25) is 14.5 Å². The number of amides is 1. The van der Waals surface area contributed by atoms with Crippen LogP contribution in [0, 0.1) is 11.8 Å². The van der Waals surface area contributed by atoms with Gasteiger partial charge in [0.2, 0.25) is 5.95 Å². The lowest BCUT2D eigenvalue weighted by molar-refractivity contribution is 0.0957. The summed E-state index contributed by atoms with van der Waals surface area (Å²) in [6.07, 6.45) is 2.74. The highest BCUT2D eigenvalue weighted by molar-refractivity contribution is 5.92. The summed E-state index contributed by atoms with van der Waals surface area (Å²) >= 11 is 0. The highest BCUT2D eigenvalue weighted by atomic mass is 19.1. The van der Waals surface area contributed by atoms with E-state index >= 15 is 0 Å². The zero-order chi connectivity index (χ0) is 23.8. The molecule has 1 aliphatic carbocycles. The number of anilines is 1. The van der Waals surface area contributed by atoms with Gasteiger partial charge in [-0.2, -0.15) is 4.39 Å². The fourth-order valence-corrected chi connectivity index (χ4v) is 5.14. The van der Waals surface area contributed by atoms with Crippen LogP contribution in [0.4, 0.5) is 14.5 Å². The number of aromatic nitrogens is 3. The van der Waals surface area contributed by atoms with E-state index in [0.717, 1.165) is 32.4 Å². The van der Waals surface area contributed by atoms with Gasteiger partial charge in [0, 0.05) is 45.2 Å². The average molecular weight is 469 g/mol. The quantitative estimate of drug-likeness (QED) is 0.572. The zero-order valence-electron chi connectivity index (χ0n) is 18.9. The van der Waals surface area contributed by atoms with Crippen molar-refractivity contribution < 1.29 is 13.6 Å². The number of hydrogen-bond acceptors (Lipinski definition) is 6. The predicted molar refractivity (Wildman–Crippen MR) is 124 cm³/mol. The van der Waals surface area contributed by atoms with E-state index in [2.05, 4.69) is 25.2 Å². The van der Waals surface area contributed by atoms with Gasteiger partial charge in [0.25, 0.3) is 11.5 Å². The van der Waals surface area contributed by atoms with Crippen LogP contribution in [0.25, 0.3) is 10.9 Å². The van der Waals surface area contributed by atoms with Gasteiger partial charge in [0.15, 0.2) is 0 Å². The number of pyridine rings is 1. The first-order valence-corrected chi connectivity index (χ1v) is 11.5. The van der Waals surface area contributed by atoms with Crippen molar-refractivity contribution in [1.82, 2.24) is 25.2 Å². The maximum Gasteiger partial charge on any atom is 0.269 e. The molecule has 5 rings (SSSR count). The number of piperazine rings is 1. The maximum atomic E-state index is 14.5. The number of H-pyrrole nitrogens is 1. The first-order chi connectivity index (χ1) is 16.4. The molecule has 2 atom stereocenters. The number of rotatable bonds is 4. The largest absolute Gasteiger partial charge is 0.365 e. The van der Waals surface area contributed by atoms with Crippen molar-refractivity contribution in [3.8, 4) is 0 Å². The first kappa shape index (κ1) is 22.4. The van der Waals surface area contributed by atoms with Crippen molar-refractivity contribution in [2.24, 2.45) is 0 Å². The van der Waals surface area contributed by atoms with Crippen LogP contribution in [0.15, 0.2) is 35.1 Å². The molecule has 0 bridgehead atoms. The van der Waals surface area contributed by atoms with Crippen LogP contribution in [0.3, 0.4) is 0 Å². The number of benzene rings is 1. The molecule has 1 aromatic carbocycles. The number of aromatic amines is 1. The minimum Gasteiger partial charge on any atom is -0.365 e. The molecule has 8 nitrogen and oxygen atoms in total. The Morgan fingerprint density at radius 2 is 1.88 bits per heavy atom. The maximum absolute atomic E-state index is 14.5. The fourth-order valence-electron chi connectivity index (χ4n) is 5.14. The van der Waals surface area contributed by atoms with Crippen LogP contribution in [0.1, 0.15) is 41.5 Å². The number of halogens is 2. The van der Waals surface area contributed by atoms with Gasteiger partial charge < -0.3 is 15.2 Å². The van der Waals surface area contributed by atoms with Crippen LogP contribution < -0.4 is 15.8 Å². The summed E-state index contributed by atoms with van der Waals surface area (Å²) in [5, 5.41) is 2.45. The van der Waals surface area contributed by atoms with Crippen molar-refractivity contribution in [3.05, 3.63) is 64.0 Å². The Hall–Kier alpha value is -3.40. The van der Waals surface area contributed by atoms with E-state index in [1.54, 1.807) is 18.2 Å². The molecule has 1 saturated carbocycles. The molecule has 3 heterocycles. The first-order valence-electron chi connectivity index (χ1n) is 11.5. The lowest BCUT2D eigenvalue weighted by Gasteiger charge is -2.39. The standard InChI is InChI=1S/C24H26F2N6O2/c1-27-23(33)18-7-8-19(21(26)28-18)32-11-9-31(10-12-32)15-6-5-14(13-15)22-29-17-4-2-3-16(25)20(17)24(34)30-22/h2-4,7-8,14-15H,5-6,9-13H2,1H3,(H,27,33)(H,29,30,34)/t14-,15+/m1/s1. The summed E-state index contributed by atoms with van der Waals surface area (Å²) in [6.45, 7) is 2.87. The van der Waals surface area contributed by atoms with Gasteiger partial charge >= 0.3 is 0 Å². The number of nitrogens with one attached hydrogen (secondary N) is 2. The second-order valence-electron chi connectivity index (χ2n) is 8.86. The van der Waals surface area contributed by atoms with Crippen LogP contribution >= 0.6 is 0 Å². The van der Waals surface area contributed by atoms with Crippen LogP contribution in [0.2, 0.25) is 0 Å². The van der Waals surface area contributed by atoms with E-state index in [1.807, 2.05) is 4.90 Å². The van der Waals surface area contributed by atoms with Crippen molar-refractivity contribution in [1.29, 1.82) is 0 Å². The molecule has 2 N–H and O–H groups in total. The summed E-state index contributed by atoms with van der Waals surface area (Å²) in [5.41, 5.74) is 0.409. The molecule has 2 fully saturated rings. The summed E-state index contributed by atoms with van der Waals surface area (Å²) in [4.78, 5) is 39.6. The van der Waals surface area contributed by atoms with E-state index in [0.29, 0.717) is 36.2 Å². The van der Waals surface area contributed by atoms with E-state index < -0.39 is 23.2 Å². The molecule has 34 heavy (non-hydrogen) atoms. The molecular weight excluding hydrogens is 442 g/mol. The van der Waals surface area contributed by atoms with Crippen molar-refractivity contribution in [3.63, 3.8) is 0 Å². The van der Waals surface area contributed by atoms with Gasteiger partial charge in [-0.15, -0.1) is 0 Å². The Morgan fingerprint density at radius 1 is 1.09 bits per heavy atom. The lowest BCUT2D eigenvalue weighted by Crippen LogP contribution is -2.50. The second kappa shape index (κ2) is 9.09. The van der Waals surface area contributed by atoms with Gasteiger partial charge in [-0.1, -0.05) is 6.07 Å². The third-order valence-corrected chi connectivity index (χ3v) is 6.95. The predicted octanol–water partition coefficient (Wildman–Crippen LogP) is 2.41. The summed E-state index contributed by atoms with van der Waals surface area (Å²) in [5.74, 6) is -0.887. The van der Waals surface area contributed by atoms with Gasteiger partial charge in [-0.25, -0.2) is 14.4 Å². The second-order valence-corrected chi connectivity index (χ2v) is 8.86. The van der Waals surface area contributed by atoms with Crippen molar-refractivity contribution in [2.45, 2.75) is 31.2 Å². The van der Waals surface area contributed by atoms with E-state index in [-0.39, 0.29) is 17.0 Å². The minimum atomic E-state index is -0.641. The number of carbonyl (C=O) groups excluding carboxylic acids is 1. The molecule has 1 aliphatic heterocycles. The molecule has 0 radical (unpaired) electrons. The van der Waals surface area contributed by atoms with Crippen LogP contribution in [-0.4, -0.2) is 65.0 Å². The fraction of sp³-hybridized carbons (Fsp3) is 0.417. The van der Waals surface area contributed by atoms with E-state index in [4.69, 9.17) is 0 Å². The zero-order valence-corrected chi connectivity index (χ0v) is 18.9. The van der Waals surface area contributed by atoms with Crippen LogP contribution in [-0.2, 0) is 0 Å². The van der Waals surface area contributed by atoms with Crippen molar-refractivity contribution in [2.75, 3.05) is 38.1 Å².